The number of thioether (sulfide) groups is 1. The van der Waals surface area contributed by atoms with Gasteiger partial charge in [0.1, 0.15) is 59.4 Å². The second kappa shape index (κ2) is 15.1. The third kappa shape index (κ3) is 7.58. The van der Waals surface area contributed by atoms with Crippen LogP contribution in [0.25, 0.3) is 0 Å². The first-order valence-corrected chi connectivity index (χ1v) is 18.0. The van der Waals surface area contributed by atoms with Crippen molar-refractivity contribution in [3.8, 4) is 5.75 Å². The standard InChI is InChI=1S/C37H46F2N2O6S/c1-20(2)28-10-6-22(35-33(43)32(42)34(44)37(47-35)48-3)15-23(28)14-21-4-8-26(9-5-21)46-27-12-13-41(18-27)25-17-31(40)36(45-19-25)29-16-24(38)7-11-30(29)39/h4-11,15-16,20,25,27,31-37,42-44H,12-14,17-19,40H2,1-3H3/t25?,27?,31?,32-,33-,34+,35+,36?,37-/m1/s1. The summed E-state index contributed by atoms with van der Waals surface area (Å²) in [4.78, 5) is 2.31. The molecule has 9 atom stereocenters. The van der Waals surface area contributed by atoms with Gasteiger partial charge in [-0.05, 0) is 84.0 Å². The van der Waals surface area contributed by atoms with Crippen molar-refractivity contribution >= 4 is 11.8 Å². The molecule has 8 nitrogen and oxygen atoms in total. The van der Waals surface area contributed by atoms with Gasteiger partial charge in [-0.15, -0.1) is 11.8 Å². The topological polar surface area (TPSA) is 118 Å². The number of hydrogen-bond donors (Lipinski definition) is 4. The first-order valence-electron chi connectivity index (χ1n) is 16.7. The Morgan fingerprint density at radius 2 is 1.75 bits per heavy atom. The number of nitrogens with zero attached hydrogens (tertiary/aromatic N) is 1. The third-order valence-electron chi connectivity index (χ3n) is 9.90. The number of halogens is 2. The van der Waals surface area contributed by atoms with Crippen molar-refractivity contribution in [3.63, 3.8) is 0 Å². The van der Waals surface area contributed by atoms with Crippen LogP contribution in [-0.2, 0) is 15.9 Å². The second-order valence-corrected chi connectivity index (χ2v) is 14.5. The molecule has 260 valence electrons. The molecule has 5 N–H and O–H groups in total. The minimum Gasteiger partial charge on any atom is -0.489 e. The van der Waals surface area contributed by atoms with E-state index in [-0.39, 0.29) is 23.6 Å². The Balaban J connectivity index is 1.06. The van der Waals surface area contributed by atoms with Gasteiger partial charge in [0.15, 0.2) is 0 Å². The summed E-state index contributed by atoms with van der Waals surface area (Å²) < 4.78 is 46.5. The maximum atomic E-state index is 14.4. The fourth-order valence-electron chi connectivity index (χ4n) is 7.27. The van der Waals surface area contributed by atoms with Crippen LogP contribution in [0.1, 0.15) is 72.6 Å². The van der Waals surface area contributed by atoms with Gasteiger partial charge in [-0.3, -0.25) is 4.90 Å². The molecule has 3 aromatic rings. The molecule has 11 heteroatoms. The Morgan fingerprint density at radius 3 is 2.46 bits per heavy atom. The molecule has 0 spiro atoms. The van der Waals surface area contributed by atoms with Crippen LogP contribution in [0.3, 0.4) is 0 Å². The number of likely N-dealkylation sites (tertiary alicyclic amines) is 1. The fraction of sp³-hybridized carbons (Fsp3) is 0.514. The summed E-state index contributed by atoms with van der Waals surface area (Å²) in [5.74, 6) is 0.0504. The van der Waals surface area contributed by atoms with Gasteiger partial charge < -0.3 is 35.3 Å². The largest absolute Gasteiger partial charge is 0.489 e. The minimum absolute atomic E-state index is 0.00980. The summed E-state index contributed by atoms with van der Waals surface area (Å²) in [6.07, 6.45) is -1.18. The van der Waals surface area contributed by atoms with E-state index in [0.717, 1.165) is 54.1 Å². The van der Waals surface area contributed by atoms with Crippen LogP contribution in [0.4, 0.5) is 8.78 Å². The van der Waals surface area contributed by atoms with E-state index in [9.17, 15) is 24.1 Å². The number of aliphatic hydroxyl groups excluding tert-OH is 3. The Labute approximate surface area is 285 Å². The van der Waals surface area contributed by atoms with E-state index >= 15 is 0 Å². The maximum absolute atomic E-state index is 14.4. The highest BCUT2D eigenvalue weighted by Crippen LogP contribution is 2.38. The van der Waals surface area contributed by atoms with Crippen molar-refractivity contribution < 1.29 is 38.3 Å². The van der Waals surface area contributed by atoms with Gasteiger partial charge in [-0.1, -0.05) is 44.2 Å². The lowest BCUT2D eigenvalue weighted by Crippen LogP contribution is -2.52. The van der Waals surface area contributed by atoms with Gasteiger partial charge in [0, 0.05) is 30.7 Å². The van der Waals surface area contributed by atoms with E-state index in [1.165, 1.54) is 23.4 Å². The van der Waals surface area contributed by atoms with Gasteiger partial charge >= 0.3 is 0 Å². The van der Waals surface area contributed by atoms with Crippen LogP contribution >= 0.6 is 11.8 Å². The Bertz CT molecular complexity index is 1540. The molecule has 0 bridgehead atoms. The van der Waals surface area contributed by atoms with Gasteiger partial charge in [0.05, 0.1) is 6.61 Å². The molecule has 0 radical (unpaired) electrons. The molecule has 3 saturated heterocycles. The van der Waals surface area contributed by atoms with Crippen molar-refractivity contribution in [1.82, 2.24) is 4.90 Å². The molecule has 0 saturated carbocycles. The molecule has 3 heterocycles. The first-order chi connectivity index (χ1) is 23.0. The molecule has 3 fully saturated rings. The van der Waals surface area contributed by atoms with Crippen molar-refractivity contribution in [2.45, 2.75) is 93.2 Å². The molecule has 4 unspecified atom stereocenters. The molecular formula is C37H46F2N2O6S. The van der Waals surface area contributed by atoms with Gasteiger partial charge in [0.25, 0.3) is 0 Å². The van der Waals surface area contributed by atoms with Crippen LogP contribution in [0, 0.1) is 11.6 Å². The fourth-order valence-corrected chi connectivity index (χ4v) is 7.94. The lowest BCUT2D eigenvalue weighted by molar-refractivity contribution is -0.200. The molecule has 3 aliphatic heterocycles. The zero-order valence-corrected chi connectivity index (χ0v) is 28.4. The van der Waals surface area contributed by atoms with Crippen molar-refractivity contribution in [3.05, 3.63) is 100 Å². The minimum atomic E-state index is -1.30. The summed E-state index contributed by atoms with van der Waals surface area (Å²) in [6, 6.07) is 17.2. The Kier molecular flexibility index (Phi) is 11.1. The van der Waals surface area contributed by atoms with Crippen LogP contribution < -0.4 is 10.5 Å². The molecule has 0 aromatic heterocycles. The molecule has 3 aromatic carbocycles. The summed E-state index contributed by atoms with van der Waals surface area (Å²) in [5.41, 5.74) is 10.1. The SMILES string of the molecule is CS[C@H]1O[C@@H](c2ccc(C(C)C)c(Cc3ccc(OC4CCN(C5COC(c6cc(F)ccc6F)C(N)C5)C4)cc3)c2)[C@H](O)[C@@H](O)[C@@H]1O. The van der Waals surface area contributed by atoms with E-state index in [1.54, 1.807) is 6.26 Å². The van der Waals surface area contributed by atoms with Crippen LogP contribution in [-0.4, -0.2) is 88.1 Å². The van der Waals surface area contributed by atoms with Crippen molar-refractivity contribution in [1.29, 1.82) is 0 Å². The van der Waals surface area contributed by atoms with E-state index in [4.69, 9.17) is 19.9 Å². The van der Waals surface area contributed by atoms with Gasteiger partial charge in [-0.2, -0.15) is 0 Å². The van der Waals surface area contributed by atoms with Crippen molar-refractivity contribution in [2.24, 2.45) is 5.73 Å². The highest BCUT2D eigenvalue weighted by Gasteiger charge is 2.44. The first kappa shape index (κ1) is 35.2. The Morgan fingerprint density at radius 1 is 0.979 bits per heavy atom. The van der Waals surface area contributed by atoms with Crippen LogP contribution in [0.5, 0.6) is 5.75 Å². The monoisotopic (exact) mass is 684 g/mol. The average Bonchev–Trinajstić information content (AvgIpc) is 3.54. The Hall–Kier alpha value is -2.61. The molecule has 48 heavy (non-hydrogen) atoms. The molecule has 6 rings (SSSR count). The predicted molar refractivity (Wildman–Crippen MR) is 181 cm³/mol. The summed E-state index contributed by atoms with van der Waals surface area (Å²) in [6.45, 7) is 6.24. The maximum Gasteiger partial charge on any atom is 0.132 e. The van der Waals surface area contributed by atoms with E-state index in [0.29, 0.717) is 19.4 Å². The third-order valence-corrected chi connectivity index (χ3v) is 10.8. The summed E-state index contributed by atoms with van der Waals surface area (Å²) in [7, 11) is 0. The molecule has 0 aliphatic carbocycles. The zero-order chi connectivity index (χ0) is 34.1. The lowest BCUT2D eigenvalue weighted by Gasteiger charge is -2.40. The predicted octanol–water partition coefficient (Wildman–Crippen LogP) is 4.83. The van der Waals surface area contributed by atoms with Crippen LogP contribution in [0.15, 0.2) is 60.7 Å². The zero-order valence-electron chi connectivity index (χ0n) is 27.5. The number of benzene rings is 3. The highest BCUT2D eigenvalue weighted by molar-refractivity contribution is 7.99. The van der Waals surface area contributed by atoms with Crippen LogP contribution in [0.2, 0.25) is 0 Å². The number of aliphatic hydroxyl groups is 3. The van der Waals surface area contributed by atoms with Gasteiger partial charge in [0.2, 0.25) is 0 Å². The number of rotatable bonds is 9. The van der Waals surface area contributed by atoms with Crippen molar-refractivity contribution in [2.75, 3.05) is 26.0 Å². The summed E-state index contributed by atoms with van der Waals surface area (Å²) in [5, 5.41) is 31.5. The normalized spacial score (nSPS) is 31.3. The smallest absolute Gasteiger partial charge is 0.132 e. The van der Waals surface area contributed by atoms with E-state index < -0.39 is 53.6 Å². The molecular weight excluding hydrogens is 638 g/mol. The second-order valence-electron chi connectivity index (χ2n) is 13.6. The van der Waals surface area contributed by atoms with Gasteiger partial charge in [-0.25, -0.2) is 8.78 Å². The highest BCUT2D eigenvalue weighted by atomic mass is 32.2. The lowest BCUT2D eigenvalue weighted by atomic mass is 9.88. The summed E-state index contributed by atoms with van der Waals surface area (Å²) >= 11 is 1.30. The molecule has 0 amide bonds. The number of hydrogen-bond acceptors (Lipinski definition) is 9. The average molecular weight is 685 g/mol. The van der Waals surface area contributed by atoms with E-state index in [2.05, 4.69) is 36.9 Å². The quantitative estimate of drug-likeness (QED) is 0.252. The molecule has 3 aliphatic rings. The van der Waals surface area contributed by atoms with E-state index in [1.807, 2.05) is 24.3 Å². The number of nitrogens with two attached hydrogens (primary N) is 1. The number of ether oxygens (including phenoxy) is 3.